The normalized spacial score (nSPS) is 14.2. The van der Waals surface area contributed by atoms with Gasteiger partial charge in [0.2, 0.25) is 0 Å². The van der Waals surface area contributed by atoms with Crippen LogP contribution in [0.15, 0.2) is 30.5 Å². The van der Waals surface area contributed by atoms with Crippen LogP contribution >= 0.6 is 0 Å². The van der Waals surface area contributed by atoms with Crippen LogP contribution < -0.4 is 15.8 Å². The average Bonchev–Trinajstić information content (AvgIpc) is 2.75. The number of hydrogen-bond donors (Lipinski definition) is 2. The van der Waals surface area contributed by atoms with E-state index in [-0.39, 0.29) is 0 Å². The lowest BCUT2D eigenvalue weighted by Crippen LogP contribution is -2.36. The molecule has 22 heavy (non-hydrogen) atoms. The summed E-state index contributed by atoms with van der Waals surface area (Å²) in [6, 6.07) is 3.06. The topological polar surface area (TPSA) is 101 Å². The monoisotopic (exact) mass is 304 g/mol. The Bertz CT molecular complexity index is 613. The van der Waals surface area contributed by atoms with Gasteiger partial charge < -0.3 is 4.74 Å². The van der Waals surface area contributed by atoms with E-state index in [2.05, 4.69) is 15.8 Å². The Labute approximate surface area is 127 Å². The summed E-state index contributed by atoms with van der Waals surface area (Å²) < 4.78 is 5.05. The Hall–Kier alpha value is -2.90. The maximum atomic E-state index is 11.5. The molecular formula is C14H16N4O4. The molecule has 3 amide bonds. The number of pyridine rings is 1. The first kappa shape index (κ1) is 15.5. The van der Waals surface area contributed by atoms with Crippen LogP contribution in [0.2, 0.25) is 0 Å². The smallest absolute Gasteiger partial charge is 0.426 e. The van der Waals surface area contributed by atoms with E-state index in [0.29, 0.717) is 11.5 Å². The van der Waals surface area contributed by atoms with Gasteiger partial charge in [-0.25, -0.2) is 20.1 Å². The number of carbonyl (C=O) groups excluding carboxylic acids is 3. The van der Waals surface area contributed by atoms with Gasteiger partial charge in [-0.3, -0.25) is 15.0 Å². The molecule has 0 unspecified atom stereocenters. The lowest BCUT2D eigenvalue weighted by Gasteiger charge is -2.20. The quantitative estimate of drug-likeness (QED) is 0.646. The summed E-state index contributed by atoms with van der Waals surface area (Å²) in [5, 5.41) is 0. The van der Waals surface area contributed by atoms with Crippen molar-refractivity contribution in [2.75, 3.05) is 10.3 Å². The predicted octanol–water partition coefficient (Wildman–Crippen LogP) is 1.36. The lowest BCUT2D eigenvalue weighted by molar-refractivity contribution is -0.119. The minimum atomic E-state index is -0.646. The van der Waals surface area contributed by atoms with Crippen molar-refractivity contribution in [3.8, 4) is 0 Å². The molecule has 2 N–H and O–H groups in total. The molecule has 2 heterocycles. The molecule has 0 aromatic carbocycles. The highest BCUT2D eigenvalue weighted by molar-refractivity contribution is 6.28. The third-order valence-corrected chi connectivity index (χ3v) is 2.51. The molecule has 0 fully saturated rings. The Morgan fingerprint density at radius 1 is 1.18 bits per heavy atom. The van der Waals surface area contributed by atoms with E-state index in [4.69, 9.17) is 4.74 Å². The molecular weight excluding hydrogens is 288 g/mol. The van der Waals surface area contributed by atoms with E-state index in [1.165, 1.54) is 30.5 Å². The third kappa shape index (κ3) is 3.81. The van der Waals surface area contributed by atoms with E-state index >= 15 is 0 Å². The fourth-order valence-electron chi connectivity index (χ4n) is 1.67. The van der Waals surface area contributed by atoms with Crippen LogP contribution in [0.5, 0.6) is 0 Å². The molecule has 0 saturated heterocycles. The Morgan fingerprint density at radius 3 is 2.32 bits per heavy atom. The first-order valence-electron chi connectivity index (χ1n) is 6.53. The highest BCUT2D eigenvalue weighted by Crippen LogP contribution is 2.18. The fraction of sp³-hybridized carbons (Fsp3) is 0.286. The number of aromatic nitrogens is 1. The van der Waals surface area contributed by atoms with Gasteiger partial charge >= 0.3 is 6.09 Å². The standard InChI is InChI=1S/C14H16N4O4/c1-14(2,3)22-13(21)17-16-10-5-4-9(8-15-10)18-11(19)6-7-12(18)20/h4-8H,1-3H3,(H,15,16)(H,17,21). The molecule has 1 aromatic rings. The van der Waals surface area contributed by atoms with Crippen LogP contribution in [-0.4, -0.2) is 28.5 Å². The molecule has 0 spiro atoms. The van der Waals surface area contributed by atoms with Gasteiger partial charge in [0.1, 0.15) is 11.4 Å². The largest absolute Gasteiger partial charge is 0.443 e. The zero-order valence-corrected chi connectivity index (χ0v) is 12.4. The van der Waals surface area contributed by atoms with Crippen molar-refractivity contribution >= 4 is 29.4 Å². The highest BCUT2D eigenvalue weighted by Gasteiger charge is 2.25. The van der Waals surface area contributed by atoms with Gasteiger partial charge in [0.25, 0.3) is 11.8 Å². The van der Waals surface area contributed by atoms with E-state index in [9.17, 15) is 14.4 Å². The minimum absolute atomic E-state index is 0.335. The zero-order valence-electron chi connectivity index (χ0n) is 12.4. The van der Waals surface area contributed by atoms with Crippen molar-refractivity contribution in [2.24, 2.45) is 0 Å². The van der Waals surface area contributed by atoms with Crippen molar-refractivity contribution in [1.29, 1.82) is 0 Å². The average molecular weight is 304 g/mol. The molecule has 0 atom stereocenters. The molecule has 1 aliphatic heterocycles. The molecule has 0 saturated carbocycles. The van der Waals surface area contributed by atoms with Crippen LogP contribution in [0.1, 0.15) is 20.8 Å². The van der Waals surface area contributed by atoms with Crippen LogP contribution in [0.4, 0.5) is 16.3 Å². The van der Waals surface area contributed by atoms with Gasteiger partial charge in [0, 0.05) is 12.2 Å². The van der Waals surface area contributed by atoms with E-state index in [1.54, 1.807) is 20.8 Å². The molecule has 8 heteroatoms. The highest BCUT2D eigenvalue weighted by atomic mass is 16.6. The number of anilines is 2. The zero-order chi connectivity index (χ0) is 16.3. The van der Waals surface area contributed by atoms with Gasteiger partial charge in [-0.05, 0) is 32.9 Å². The second-order valence-electron chi connectivity index (χ2n) is 5.50. The van der Waals surface area contributed by atoms with Gasteiger partial charge in [0.15, 0.2) is 0 Å². The molecule has 0 bridgehead atoms. The molecule has 1 aromatic heterocycles. The summed E-state index contributed by atoms with van der Waals surface area (Å²) in [6.45, 7) is 5.24. The van der Waals surface area contributed by atoms with Crippen molar-refractivity contribution in [2.45, 2.75) is 26.4 Å². The van der Waals surface area contributed by atoms with E-state index in [0.717, 1.165) is 4.90 Å². The number of nitrogens with zero attached hydrogens (tertiary/aromatic N) is 2. The molecule has 1 aliphatic rings. The minimum Gasteiger partial charge on any atom is -0.443 e. The van der Waals surface area contributed by atoms with Gasteiger partial charge in [-0.15, -0.1) is 0 Å². The molecule has 0 radical (unpaired) electrons. The molecule has 2 rings (SSSR count). The number of carbonyl (C=O) groups is 3. The number of ether oxygens (including phenoxy) is 1. The second-order valence-corrected chi connectivity index (χ2v) is 5.50. The van der Waals surface area contributed by atoms with Crippen LogP contribution in [0.3, 0.4) is 0 Å². The predicted molar refractivity (Wildman–Crippen MR) is 78.9 cm³/mol. The second kappa shape index (κ2) is 5.84. The Kier molecular flexibility index (Phi) is 4.11. The number of amides is 3. The van der Waals surface area contributed by atoms with E-state index in [1.807, 2.05) is 0 Å². The summed E-state index contributed by atoms with van der Waals surface area (Å²) in [5.74, 6) is -0.500. The van der Waals surface area contributed by atoms with Crippen LogP contribution in [0, 0.1) is 0 Å². The SMILES string of the molecule is CC(C)(C)OC(=O)NNc1ccc(N2C(=O)C=CC2=O)cn1. The summed E-state index contributed by atoms with van der Waals surface area (Å²) >= 11 is 0. The van der Waals surface area contributed by atoms with Crippen LogP contribution in [0.25, 0.3) is 0 Å². The molecule has 116 valence electrons. The van der Waals surface area contributed by atoms with Crippen LogP contribution in [-0.2, 0) is 14.3 Å². The fourth-order valence-corrected chi connectivity index (χ4v) is 1.67. The number of imide groups is 1. The lowest BCUT2D eigenvalue weighted by atomic mass is 10.2. The number of rotatable bonds is 3. The summed E-state index contributed by atoms with van der Waals surface area (Å²) in [7, 11) is 0. The van der Waals surface area contributed by atoms with Crippen molar-refractivity contribution < 1.29 is 19.1 Å². The number of hydrogen-bond acceptors (Lipinski definition) is 6. The molecule has 8 nitrogen and oxygen atoms in total. The van der Waals surface area contributed by atoms with Crippen molar-refractivity contribution in [3.63, 3.8) is 0 Å². The number of hydrazine groups is 1. The third-order valence-electron chi connectivity index (χ3n) is 2.51. The summed E-state index contributed by atoms with van der Waals surface area (Å²) in [4.78, 5) is 39.5. The summed E-state index contributed by atoms with van der Waals surface area (Å²) in [6.07, 6.45) is 3.09. The first-order valence-corrected chi connectivity index (χ1v) is 6.53. The Morgan fingerprint density at radius 2 is 1.82 bits per heavy atom. The number of nitrogens with one attached hydrogen (secondary N) is 2. The van der Waals surface area contributed by atoms with Gasteiger partial charge in [0.05, 0.1) is 11.9 Å². The van der Waals surface area contributed by atoms with Crippen molar-refractivity contribution in [1.82, 2.24) is 10.4 Å². The maximum absolute atomic E-state index is 11.5. The van der Waals surface area contributed by atoms with Crippen molar-refractivity contribution in [3.05, 3.63) is 30.5 Å². The van der Waals surface area contributed by atoms with Gasteiger partial charge in [-0.2, -0.15) is 0 Å². The Balaban J connectivity index is 1.94. The van der Waals surface area contributed by atoms with Gasteiger partial charge in [-0.1, -0.05) is 0 Å². The van der Waals surface area contributed by atoms with E-state index < -0.39 is 23.5 Å². The molecule has 0 aliphatic carbocycles. The maximum Gasteiger partial charge on any atom is 0.426 e. The first-order chi connectivity index (χ1) is 10.3. The summed E-state index contributed by atoms with van der Waals surface area (Å²) in [5.41, 5.74) is 4.64.